The number of benzene rings is 2. The zero-order valence-electron chi connectivity index (χ0n) is 15.3. The van der Waals surface area contributed by atoms with Gasteiger partial charge >= 0.3 is 0 Å². The van der Waals surface area contributed by atoms with E-state index in [1.807, 2.05) is 12.1 Å². The van der Waals surface area contributed by atoms with Crippen LogP contribution in [0.3, 0.4) is 0 Å². The Morgan fingerprint density at radius 1 is 1.15 bits per heavy atom. The zero-order valence-corrected chi connectivity index (χ0v) is 16.0. The molecule has 2 amide bonds. The van der Waals surface area contributed by atoms with E-state index in [-0.39, 0.29) is 16.5 Å². The number of carbonyl (C=O) groups is 2. The number of halogens is 1. The predicted octanol–water partition coefficient (Wildman–Crippen LogP) is 3.92. The first-order chi connectivity index (χ1) is 12.3. The van der Waals surface area contributed by atoms with Gasteiger partial charge in [-0.05, 0) is 56.3 Å². The second kappa shape index (κ2) is 8.83. The van der Waals surface area contributed by atoms with Crippen LogP contribution in [0.15, 0.2) is 42.5 Å². The van der Waals surface area contributed by atoms with Gasteiger partial charge in [0, 0.05) is 23.8 Å². The third kappa shape index (κ3) is 5.07. The summed E-state index contributed by atoms with van der Waals surface area (Å²) in [6.45, 7) is 8.29. The lowest BCUT2D eigenvalue weighted by atomic mass is 10.1. The first-order valence-corrected chi connectivity index (χ1v) is 8.93. The summed E-state index contributed by atoms with van der Waals surface area (Å²) >= 11 is 6.01. The largest absolute Gasteiger partial charge is 0.366 e. The van der Waals surface area contributed by atoms with Crippen molar-refractivity contribution in [2.45, 2.75) is 33.4 Å². The zero-order chi connectivity index (χ0) is 19.3. The van der Waals surface area contributed by atoms with Crippen LogP contribution in [0.4, 0.5) is 5.69 Å². The van der Waals surface area contributed by atoms with Crippen molar-refractivity contribution in [3.63, 3.8) is 0 Å². The second-order valence-corrected chi connectivity index (χ2v) is 6.77. The van der Waals surface area contributed by atoms with Crippen molar-refractivity contribution in [3.05, 3.63) is 64.2 Å². The Morgan fingerprint density at radius 3 is 2.31 bits per heavy atom. The fourth-order valence-electron chi connectivity index (χ4n) is 2.65. The quantitative estimate of drug-likeness (QED) is 0.772. The number of nitrogens with one attached hydrogen (secondary N) is 1. The molecule has 0 aliphatic carbocycles. The van der Waals surface area contributed by atoms with Crippen LogP contribution in [0.1, 0.15) is 47.1 Å². The number of nitrogens with two attached hydrogens (primary N) is 1. The monoisotopic (exact) mass is 373 g/mol. The number of amides is 2. The minimum absolute atomic E-state index is 0.207. The molecule has 0 heterocycles. The molecule has 0 saturated carbocycles. The van der Waals surface area contributed by atoms with Crippen molar-refractivity contribution in [2.75, 3.05) is 11.9 Å². The molecule has 0 unspecified atom stereocenters. The Balaban J connectivity index is 2.06. The highest BCUT2D eigenvalue weighted by Gasteiger charge is 2.11. The molecular weight excluding hydrogens is 350 g/mol. The van der Waals surface area contributed by atoms with E-state index < -0.39 is 5.91 Å². The minimum atomic E-state index is -0.606. The van der Waals surface area contributed by atoms with E-state index in [9.17, 15) is 9.59 Å². The molecule has 0 aromatic heterocycles. The fraction of sp³-hybridized carbons (Fsp3) is 0.300. The van der Waals surface area contributed by atoms with Crippen molar-refractivity contribution in [2.24, 2.45) is 5.73 Å². The van der Waals surface area contributed by atoms with Gasteiger partial charge in [-0.2, -0.15) is 0 Å². The van der Waals surface area contributed by atoms with Gasteiger partial charge in [-0.3, -0.25) is 14.5 Å². The third-order valence-corrected chi connectivity index (χ3v) is 4.54. The summed E-state index contributed by atoms with van der Waals surface area (Å²) in [5.74, 6) is -0.846. The van der Waals surface area contributed by atoms with E-state index in [0.717, 1.165) is 18.7 Å². The van der Waals surface area contributed by atoms with E-state index in [1.54, 1.807) is 18.2 Å². The van der Waals surface area contributed by atoms with Gasteiger partial charge in [0.1, 0.15) is 0 Å². The van der Waals surface area contributed by atoms with Gasteiger partial charge < -0.3 is 11.1 Å². The third-order valence-electron chi connectivity index (χ3n) is 4.23. The SMILES string of the molecule is CCN(Cc1ccc(C(=O)Nc2ccc(C(N)=O)c(Cl)c2)cc1)C(C)C. The van der Waals surface area contributed by atoms with Gasteiger partial charge in [0.05, 0.1) is 10.6 Å². The highest BCUT2D eigenvalue weighted by atomic mass is 35.5. The smallest absolute Gasteiger partial charge is 0.255 e. The topological polar surface area (TPSA) is 75.4 Å². The number of primary amides is 1. The van der Waals surface area contributed by atoms with Crippen LogP contribution in [0, 0.1) is 0 Å². The highest BCUT2D eigenvalue weighted by Crippen LogP contribution is 2.21. The molecule has 2 rings (SSSR count). The molecule has 0 aliphatic rings. The van der Waals surface area contributed by atoms with Crippen molar-refractivity contribution >= 4 is 29.1 Å². The maximum absolute atomic E-state index is 12.4. The lowest BCUT2D eigenvalue weighted by Gasteiger charge is -2.24. The normalized spacial score (nSPS) is 11.0. The van der Waals surface area contributed by atoms with Crippen LogP contribution in [0.5, 0.6) is 0 Å². The van der Waals surface area contributed by atoms with Gasteiger partial charge in [0.2, 0.25) is 5.91 Å². The van der Waals surface area contributed by atoms with Crippen LogP contribution in [0.2, 0.25) is 5.02 Å². The van der Waals surface area contributed by atoms with E-state index in [0.29, 0.717) is 17.3 Å². The Bertz CT molecular complexity index is 788. The van der Waals surface area contributed by atoms with Crippen LogP contribution < -0.4 is 11.1 Å². The molecule has 0 bridgehead atoms. The molecule has 6 heteroatoms. The van der Waals surface area contributed by atoms with Crippen molar-refractivity contribution in [3.8, 4) is 0 Å². The first-order valence-electron chi connectivity index (χ1n) is 8.55. The van der Waals surface area contributed by atoms with Crippen molar-refractivity contribution < 1.29 is 9.59 Å². The molecule has 5 nitrogen and oxygen atoms in total. The van der Waals surface area contributed by atoms with Crippen LogP contribution in [0.25, 0.3) is 0 Å². The maximum atomic E-state index is 12.4. The number of anilines is 1. The molecule has 0 fully saturated rings. The van der Waals surface area contributed by atoms with Gasteiger partial charge in [-0.25, -0.2) is 0 Å². The van der Waals surface area contributed by atoms with E-state index in [2.05, 4.69) is 31.0 Å². The van der Waals surface area contributed by atoms with Crippen molar-refractivity contribution in [1.29, 1.82) is 0 Å². The molecule has 138 valence electrons. The number of hydrogen-bond acceptors (Lipinski definition) is 3. The average molecular weight is 374 g/mol. The molecule has 0 atom stereocenters. The molecule has 3 N–H and O–H groups in total. The number of rotatable bonds is 7. The lowest BCUT2D eigenvalue weighted by molar-refractivity contribution is 0.0998. The molecule has 0 saturated heterocycles. The van der Waals surface area contributed by atoms with Gasteiger partial charge in [0.25, 0.3) is 5.91 Å². The molecular formula is C20H24ClN3O2. The van der Waals surface area contributed by atoms with E-state index in [4.69, 9.17) is 17.3 Å². The standard InChI is InChI=1S/C20H24ClN3O2/c1-4-24(13(2)3)12-14-5-7-15(8-6-14)20(26)23-16-9-10-17(19(22)25)18(21)11-16/h5-11,13H,4,12H2,1-3H3,(H2,22,25)(H,23,26). The van der Waals surface area contributed by atoms with Gasteiger partial charge in [0.15, 0.2) is 0 Å². The summed E-state index contributed by atoms with van der Waals surface area (Å²) in [7, 11) is 0. The Hall–Kier alpha value is -2.37. The number of carbonyl (C=O) groups excluding carboxylic acids is 2. The molecule has 2 aromatic rings. The van der Waals surface area contributed by atoms with E-state index in [1.165, 1.54) is 12.1 Å². The Morgan fingerprint density at radius 2 is 1.81 bits per heavy atom. The number of nitrogens with zero attached hydrogens (tertiary/aromatic N) is 1. The number of hydrogen-bond donors (Lipinski definition) is 2. The van der Waals surface area contributed by atoms with Gasteiger partial charge in [-0.15, -0.1) is 0 Å². The summed E-state index contributed by atoms with van der Waals surface area (Å²) in [6.07, 6.45) is 0. The molecule has 2 aromatic carbocycles. The molecule has 26 heavy (non-hydrogen) atoms. The lowest BCUT2D eigenvalue weighted by Crippen LogP contribution is -2.29. The molecule has 0 aliphatic heterocycles. The summed E-state index contributed by atoms with van der Waals surface area (Å²) < 4.78 is 0. The Labute approximate surface area is 159 Å². The fourth-order valence-corrected chi connectivity index (χ4v) is 2.93. The summed E-state index contributed by atoms with van der Waals surface area (Å²) in [5.41, 5.74) is 7.66. The van der Waals surface area contributed by atoms with Crippen LogP contribution in [-0.4, -0.2) is 29.3 Å². The molecule has 0 radical (unpaired) electrons. The first kappa shape index (κ1) is 19.9. The second-order valence-electron chi connectivity index (χ2n) is 6.37. The Kier molecular flexibility index (Phi) is 6.77. The van der Waals surface area contributed by atoms with E-state index >= 15 is 0 Å². The summed E-state index contributed by atoms with van der Waals surface area (Å²) in [6, 6.07) is 12.6. The van der Waals surface area contributed by atoms with Gasteiger partial charge in [-0.1, -0.05) is 30.7 Å². The average Bonchev–Trinajstić information content (AvgIpc) is 2.59. The van der Waals surface area contributed by atoms with Crippen LogP contribution in [-0.2, 0) is 6.54 Å². The molecule has 0 spiro atoms. The van der Waals surface area contributed by atoms with Crippen molar-refractivity contribution in [1.82, 2.24) is 4.90 Å². The highest BCUT2D eigenvalue weighted by molar-refractivity contribution is 6.34. The summed E-state index contributed by atoms with van der Waals surface area (Å²) in [5, 5.41) is 2.98. The minimum Gasteiger partial charge on any atom is -0.366 e. The van der Waals surface area contributed by atoms with Crippen LogP contribution >= 0.6 is 11.6 Å². The maximum Gasteiger partial charge on any atom is 0.255 e. The predicted molar refractivity (Wildman–Crippen MR) is 106 cm³/mol. The summed E-state index contributed by atoms with van der Waals surface area (Å²) in [4.78, 5) is 25.9.